The van der Waals surface area contributed by atoms with E-state index < -0.39 is 0 Å². The van der Waals surface area contributed by atoms with E-state index in [4.69, 9.17) is 0 Å². The Morgan fingerprint density at radius 3 is 3.14 bits per heavy atom. The Hall–Kier alpha value is -0.0600. The molecular weight excluding hydrogens is 212 g/mol. The summed E-state index contributed by atoms with van der Waals surface area (Å²) in [4.78, 5) is 5.37. The van der Waals surface area contributed by atoms with Crippen LogP contribution in [0, 0.1) is 0 Å². The Morgan fingerprint density at radius 2 is 2.50 bits per heavy atom. The molecule has 0 amide bonds. The molecule has 0 saturated carbocycles. The van der Waals surface area contributed by atoms with Crippen molar-refractivity contribution < 1.29 is 0 Å². The summed E-state index contributed by atoms with van der Waals surface area (Å²) in [6.45, 7) is 5.42. The van der Waals surface area contributed by atoms with Crippen molar-refractivity contribution in [1.82, 2.24) is 10.3 Å². The van der Waals surface area contributed by atoms with Crippen molar-refractivity contribution in [2.45, 2.75) is 32.9 Å². The van der Waals surface area contributed by atoms with Crippen LogP contribution in [0.25, 0.3) is 0 Å². The maximum Gasteiger partial charge on any atom is 0.0794 e. The summed E-state index contributed by atoms with van der Waals surface area (Å²) in [6.07, 6.45) is 3.18. The minimum absolute atomic E-state index is 0.608. The summed E-state index contributed by atoms with van der Waals surface area (Å²) in [5.41, 5.74) is 1.88. The largest absolute Gasteiger partial charge is 0.309 e. The van der Waals surface area contributed by atoms with E-state index in [9.17, 15) is 0 Å². The van der Waals surface area contributed by atoms with Gasteiger partial charge in [-0.1, -0.05) is 6.92 Å². The zero-order chi connectivity index (χ0) is 10.2. The van der Waals surface area contributed by atoms with Gasteiger partial charge in [-0.15, -0.1) is 11.3 Å². The minimum Gasteiger partial charge on any atom is -0.309 e. The number of thioether (sulfide) groups is 1. The molecule has 4 heteroatoms. The van der Waals surface area contributed by atoms with Crippen molar-refractivity contribution in [2.24, 2.45) is 0 Å². The van der Waals surface area contributed by atoms with Gasteiger partial charge >= 0.3 is 0 Å². The average molecular weight is 230 g/mol. The number of hydrogen-bond donors (Lipinski definition) is 1. The van der Waals surface area contributed by atoms with Gasteiger partial charge in [0, 0.05) is 23.7 Å². The Balaban J connectivity index is 2.06. The van der Waals surface area contributed by atoms with Crippen LogP contribution in [0.5, 0.6) is 0 Å². The smallest absolute Gasteiger partial charge is 0.0794 e. The Morgan fingerprint density at radius 1 is 1.64 bits per heavy atom. The molecule has 1 unspecified atom stereocenters. The van der Waals surface area contributed by atoms with Crippen LogP contribution in [0.4, 0.5) is 0 Å². The fraction of sp³-hybridized carbons (Fsp3) is 0.700. The summed E-state index contributed by atoms with van der Waals surface area (Å²) < 4.78 is 0. The molecule has 1 N–H and O–H groups in total. The number of aromatic nitrogens is 1. The summed E-state index contributed by atoms with van der Waals surface area (Å²) in [5, 5.41) is 3.50. The molecule has 0 aliphatic heterocycles. The average Bonchev–Trinajstić information content (AvgIpc) is 2.68. The molecule has 1 aromatic heterocycles. The molecule has 0 aromatic carbocycles. The number of nitrogens with zero attached hydrogens (tertiary/aromatic N) is 1. The highest BCUT2D eigenvalue weighted by atomic mass is 32.2. The minimum atomic E-state index is 0.608. The number of nitrogens with one attached hydrogen (secondary N) is 1. The normalized spacial score (nSPS) is 13.0. The van der Waals surface area contributed by atoms with Crippen molar-refractivity contribution in [2.75, 3.05) is 11.5 Å². The molecule has 2 nitrogen and oxygen atoms in total. The first-order chi connectivity index (χ1) is 6.83. The van der Waals surface area contributed by atoms with E-state index in [0.717, 1.165) is 6.54 Å². The maximum absolute atomic E-state index is 4.05. The lowest BCUT2D eigenvalue weighted by atomic mass is 10.2. The molecule has 0 radical (unpaired) electrons. The first-order valence-corrected chi connectivity index (χ1v) is 7.05. The van der Waals surface area contributed by atoms with Crippen LogP contribution in [0.1, 0.15) is 25.1 Å². The van der Waals surface area contributed by atoms with Crippen molar-refractivity contribution in [1.29, 1.82) is 0 Å². The van der Waals surface area contributed by atoms with Crippen LogP contribution in [-0.2, 0) is 6.54 Å². The lowest BCUT2D eigenvalue weighted by Gasteiger charge is -2.11. The topological polar surface area (TPSA) is 24.9 Å². The van der Waals surface area contributed by atoms with Gasteiger partial charge in [0.2, 0.25) is 0 Å². The fourth-order valence-corrected chi connectivity index (χ4v) is 2.47. The molecule has 0 fully saturated rings. The molecule has 0 aliphatic rings. The van der Waals surface area contributed by atoms with Crippen molar-refractivity contribution in [3.05, 3.63) is 16.6 Å². The third-order valence-electron chi connectivity index (χ3n) is 2.01. The van der Waals surface area contributed by atoms with E-state index in [1.54, 1.807) is 11.3 Å². The number of thiazole rings is 1. The maximum atomic E-state index is 4.05. The van der Waals surface area contributed by atoms with Crippen molar-refractivity contribution >= 4 is 23.1 Å². The monoisotopic (exact) mass is 230 g/mol. The zero-order valence-corrected chi connectivity index (χ0v) is 10.5. The van der Waals surface area contributed by atoms with Gasteiger partial charge in [0.1, 0.15) is 0 Å². The molecule has 1 rings (SSSR count). The SMILES string of the molecule is CCSCCC(C)NCc1cncs1. The summed E-state index contributed by atoms with van der Waals surface area (Å²) in [6, 6.07) is 0.608. The van der Waals surface area contributed by atoms with E-state index in [0.29, 0.717) is 6.04 Å². The highest BCUT2D eigenvalue weighted by molar-refractivity contribution is 7.99. The molecule has 80 valence electrons. The summed E-state index contributed by atoms with van der Waals surface area (Å²) in [5.74, 6) is 2.48. The predicted octanol–water partition coefficient (Wildman–Crippen LogP) is 2.76. The standard InChI is InChI=1S/C10H18N2S2/c1-3-13-5-4-9(2)12-7-10-6-11-8-14-10/h6,8-9,12H,3-5,7H2,1-2H3. The van der Waals surface area contributed by atoms with Crippen molar-refractivity contribution in [3.8, 4) is 0 Å². The summed E-state index contributed by atoms with van der Waals surface area (Å²) in [7, 11) is 0. The summed E-state index contributed by atoms with van der Waals surface area (Å²) >= 11 is 3.72. The van der Waals surface area contributed by atoms with Gasteiger partial charge < -0.3 is 5.32 Å². The van der Waals surface area contributed by atoms with E-state index in [-0.39, 0.29) is 0 Å². The van der Waals surface area contributed by atoms with Gasteiger partial charge in [-0.25, -0.2) is 0 Å². The van der Waals surface area contributed by atoms with Crippen LogP contribution >= 0.6 is 23.1 Å². The molecule has 1 aromatic rings. The van der Waals surface area contributed by atoms with Gasteiger partial charge in [0.25, 0.3) is 0 Å². The highest BCUT2D eigenvalue weighted by Gasteiger charge is 2.01. The Kier molecular flexibility index (Phi) is 6.23. The third-order valence-corrected chi connectivity index (χ3v) is 3.72. The molecule has 14 heavy (non-hydrogen) atoms. The quantitative estimate of drug-likeness (QED) is 0.729. The highest BCUT2D eigenvalue weighted by Crippen LogP contribution is 2.07. The van der Waals surface area contributed by atoms with Crippen LogP contribution < -0.4 is 5.32 Å². The van der Waals surface area contributed by atoms with Gasteiger partial charge in [0.05, 0.1) is 5.51 Å². The Labute approximate surface area is 94.5 Å². The number of hydrogen-bond acceptors (Lipinski definition) is 4. The predicted molar refractivity (Wildman–Crippen MR) is 66.0 cm³/mol. The molecule has 1 atom stereocenters. The second kappa shape index (κ2) is 7.26. The molecule has 0 spiro atoms. The van der Waals surface area contributed by atoms with Crippen LogP contribution in [0.2, 0.25) is 0 Å². The van der Waals surface area contributed by atoms with Gasteiger partial charge in [-0.3, -0.25) is 4.98 Å². The molecular formula is C10H18N2S2. The lowest BCUT2D eigenvalue weighted by molar-refractivity contribution is 0.540. The second-order valence-corrected chi connectivity index (χ2v) is 5.60. The van der Waals surface area contributed by atoms with Gasteiger partial charge in [0.15, 0.2) is 0 Å². The van der Waals surface area contributed by atoms with Crippen LogP contribution in [0.15, 0.2) is 11.7 Å². The van der Waals surface area contributed by atoms with E-state index >= 15 is 0 Å². The van der Waals surface area contributed by atoms with E-state index in [1.807, 2.05) is 23.5 Å². The first kappa shape index (κ1) is 12.0. The van der Waals surface area contributed by atoms with Crippen LogP contribution in [0.3, 0.4) is 0 Å². The van der Waals surface area contributed by atoms with E-state index in [2.05, 4.69) is 24.1 Å². The van der Waals surface area contributed by atoms with Crippen molar-refractivity contribution in [3.63, 3.8) is 0 Å². The van der Waals surface area contributed by atoms with Crippen LogP contribution in [-0.4, -0.2) is 22.5 Å². The van der Waals surface area contributed by atoms with Gasteiger partial charge in [-0.05, 0) is 24.9 Å². The second-order valence-electron chi connectivity index (χ2n) is 3.24. The zero-order valence-electron chi connectivity index (χ0n) is 8.82. The first-order valence-electron chi connectivity index (χ1n) is 5.01. The molecule has 0 saturated heterocycles. The fourth-order valence-electron chi connectivity index (χ4n) is 1.11. The molecule has 1 heterocycles. The Bertz CT molecular complexity index is 224. The third kappa shape index (κ3) is 4.98. The number of rotatable bonds is 7. The van der Waals surface area contributed by atoms with E-state index in [1.165, 1.54) is 22.8 Å². The van der Waals surface area contributed by atoms with Gasteiger partial charge in [-0.2, -0.15) is 11.8 Å². The molecule has 0 aliphatic carbocycles. The lowest BCUT2D eigenvalue weighted by Crippen LogP contribution is -2.25. The molecule has 0 bridgehead atoms.